The van der Waals surface area contributed by atoms with Crippen molar-refractivity contribution in [2.45, 2.75) is 26.2 Å². The molecule has 0 bridgehead atoms. The van der Waals surface area contributed by atoms with Crippen molar-refractivity contribution in [2.24, 2.45) is 5.92 Å². The van der Waals surface area contributed by atoms with Gasteiger partial charge in [-0.3, -0.25) is 4.79 Å². The number of hydrogen-bond acceptors (Lipinski definition) is 5. The Morgan fingerprint density at radius 3 is 2.96 bits per heavy atom. The zero-order valence-electron chi connectivity index (χ0n) is 14.3. The van der Waals surface area contributed by atoms with Crippen LogP contribution in [0.1, 0.15) is 35.0 Å². The molecule has 128 valence electrons. The Hall–Kier alpha value is -2.89. The molecule has 2 heterocycles. The van der Waals surface area contributed by atoms with Crippen LogP contribution in [0, 0.1) is 5.92 Å². The smallest absolute Gasteiger partial charge is 0.283 e. The number of para-hydroxylation sites is 1. The summed E-state index contributed by atoms with van der Waals surface area (Å²) in [6.07, 6.45) is 3.05. The monoisotopic (exact) mass is 336 g/mol. The summed E-state index contributed by atoms with van der Waals surface area (Å²) in [7, 11) is 1.54. The van der Waals surface area contributed by atoms with Crippen molar-refractivity contribution in [3.8, 4) is 5.75 Å². The number of nitrogen functional groups attached to an aromatic ring is 1. The van der Waals surface area contributed by atoms with Crippen molar-refractivity contribution < 1.29 is 9.53 Å². The fourth-order valence-electron chi connectivity index (χ4n) is 3.45. The van der Waals surface area contributed by atoms with Gasteiger partial charge in [-0.2, -0.15) is 4.68 Å². The SMILES string of the molecule is COc1ccccc1C(=O)n1nc(N)c2cc3c(nc21)CC(C)CC3. The van der Waals surface area contributed by atoms with Crippen LogP contribution in [0.4, 0.5) is 5.82 Å². The summed E-state index contributed by atoms with van der Waals surface area (Å²) in [5, 5.41) is 4.99. The molecule has 0 radical (unpaired) electrons. The largest absolute Gasteiger partial charge is 0.496 e. The van der Waals surface area contributed by atoms with Crippen molar-refractivity contribution in [3.63, 3.8) is 0 Å². The molecule has 2 N–H and O–H groups in total. The number of ether oxygens (including phenoxy) is 1. The van der Waals surface area contributed by atoms with Gasteiger partial charge in [-0.1, -0.05) is 19.1 Å². The molecule has 0 saturated carbocycles. The molecule has 6 nitrogen and oxygen atoms in total. The normalized spacial score (nSPS) is 16.6. The molecular formula is C19H20N4O2. The van der Waals surface area contributed by atoms with Gasteiger partial charge in [-0.15, -0.1) is 5.10 Å². The molecule has 3 aromatic rings. The first-order valence-electron chi connectivity index (χ1n) is 8.43. The highest BCUT2D eigenvalue weighted by Gasteiger charge is 2.23. The predicted octanol–water partition coefficient (Wildman–Crippen LogP) is 2.84. The van der Waals surface area contributed by atoms with E-state index in [1.54, 1.807) is 18.2 Å². The Balaban J connectivity index is 1.87. The predicted molar refractivity (Wildman–Crippen MR) is 95.9 cm³/mol. The van der Waals surface area contributed by atoms with Gasteiger partial charge >= 0.3 is 0 Å². The van der Waals surface area contributed by atoms with Crippen molar-refractivity contribution in [3.05, 3.63) is 47.2 Å². The fraction of sp³-hybridized carbons (Fsp3) is 0.316. The van der Waals surface area contributed by atoms with Gasteiger partial charge in [-0.25, -0.2) is 4.98 Å². The van der Waals surface area contributed by atoms with Gasteiger partial charge in [0.25, 0.3) is 5.91 Å². The average Bonchev–Trinajstić information content (AvgIpc) is 2.95. The van der Waals surface area contributed by atoms with E-state index >= 15 is 0 Å². The summed E-state index contributed by atoms with van der Waals surface area (Å²) in [6.45, 7) is 2.22. The topological polar surface area (TPSA) is 83.0 Å². The highest BCUT2D eigenvalue weighted by molar-refractivity contribution is 6.04. The first kappa shape index (κ1) is 15.6. The van der Waals surface area contributed by atoms with Crippen LogP contribution in [-0.4, -0.2) is 27.8 Å². The number of fused-ring (bicyclic) bond motifs is 2. The van der Waals surface area contributed by atoms with E-state index in [-0.39, 0.29) is 5.91 Å². The second-order valence-electron chi connectivity index (χ2n) is 6.62. The van der Waals surface area contributed by atoms with E-state index in [2.05, 4.69) is 12.0 Å². The van der Waals surface area contributed by atoms with Gasteiger partial charge in [0.2, 0.25) is 0 Å². The van der Waals surface area contributed by atoms with Crippen LogP contribution in [0.15, 0.2) is 30.3 Å². The molecule has 1 aliphatic rings. The summed E-state index contributed by atoms with van der Waals surface area (Å²) < 4.78 is 6.59. The number of nitrogens with two attached hydrogens (primary N) is 1. The lowest BCUT2D eigenvalue weighted by Crippen LogP contribution is -2.17. The Bertz CT molecular complexity index is 977. The van der Waals surface area contributed by atoms with Gasteiger partial charge < -0.3 is 10.5 Å². The van der Waals surface area contributed by atoms with E-state index < -0.39 is 0 Å². The molecule has 6 heteroatoms. The third-order valence-electron chi connectivity index (χ3n) is 4.83. The Morgan fingerprint density at radius 2 is 2.16 bits per heavy atom. The van der Waals surface area contributed by atoms with E-state index in [1.165, 1.54) is 17.4 Å². The van der Waals surface area contributed by atoms with Crippen LogP contribution < -0.4 is 10.5 Å². The third kappa shape index (κ3) is 2.54. The number of anilines is 1. The number of carbonyl (C=O) groups excluding carboxylic acids is 1. The van der Waals surface area contributed by atoms with E-state index in [0.29, 0.717) is 28.7 Å². The Kier molecular flexibility index (Phi) is 3.67. The van der Waals surface area contributed by atoms with Crippen LogP contribution >= 0.6 is 0 Å². The zero-order chi connectivity index (χ0) is 17.6. The standard InChI is InChI=1S/C19H20N4O2/c1-11-7-8-12-10-14-17(20)22-23(18(14)21-15(12)9-11)19(24)13-5-3-4-6-16(13)25-2/h3-6,10-11H,7-9H2,1-2H3,(H2,20,22). The molecule has 4 rings (SSSR count). The summed E-state index contributed by atoms with van der Waals surface area (Å²) in [5.41, 5.74) is 9.27. The molecule has 0 amide bonds. The summed E-state index contributed by atoms with van der Waals surface area (Å²) in [6, 6.07) is 9.12. The number of pyridine rings is 1. The molecular weight excluding hydrogens is 316 g/mol. The van der Waals surface area contributed by atoms with Crippen molar-refractivity contribution >= 4 is 22.8 Å². The van der Waals surface area contributed by atoms with E-state index in [0.717, 1.165) is 30.3 Å². The Labute approximate surface area is 145 Å². The molecule has 1 unspecified atom stereocenters. The highest BCUT2D eigenvalue weighted by Crippen LogP contribution is 2.30. The number of methoxy groups -OCH3 is 1. The lowest BCUT2D eigenvalue weighted by atomic mass is 9.88. The zero-order valence-corrected chi connectivity index (χ0v) is 14.3. The van der Waals surface area contributed by atoms with Crippen LogP contribution in [0.5, 0.6) is 5.75 Å². The highest BCUT2D eigenvalue weighted by atomic mass is 16.5. The van der Waals surface area contributed by atoms with Gasteiger partial charge in [0.1, 0.15) is 5.75 Å². The van der Waals surface area contributed by atoms with Crippen molar-refractivity contribution in [2.75, 3.05) is 12.8 Å². The minimum atomic E-state index is -0.296. The van der Waals surface area contributed by atoms with Gasteiger partial charge in [-0.05, 0) is 48.9 Å². The molecule has 0 aliphatic heterocycles. The van der Waals surface area contributed by atoms with E-state index in [4.69, 9.17) is 15.5 Å². The summed E-state index contributed by atoms with van der Waals surface area (Å²) >= 11 is 0. The maximum Gasteiger partial charge on any atom is 0.283 e. The number of rotatable bonds is 2. The fourth-order valence-corrected chi connectivity index (χ4v) is 3.45. The molecule has 2 aromatic heterocycles. The second kappa shape index (κ2) is 5.88. The number of hydrogen-bond donors (Lipinski definition) is 1. The lowest BCUT2D eigenvalue weighted by Gasteiger charge is -2.20. The number of aromatic nitrogens is 3. The number of carbonyl (C=O) groups is 1. The lowest BCUT2D eigenvalue weighted by molar-refractivity contribution is 0.0947. The van der Waals surface area contributed by atoms with Crippen LogP contribution in [0.2, 0.25) is 0 Å². The third-order valence-corrected chi connectivity index (χ3v) is 4.83. The summed E-state index contributed by atoms with van der Waals surface area (Å²) in [4.78, 5) is 17.8. The van der Waals surface area contributed by atoms with Crippen LogP contribution in [-0.2, 0) is 12.8 Å². The maximum atomic E-state index is 13.0. The van der Waals surface area contributed by atoms with Crippen molar-refractivity contribution in [1.82, 2.24) is 14.8 Å². The van der Waals surface area contributed by atoms with Gasteiger partial charge in [0.05, 0.1) is 18.1 Å². The molecule has 0 saturated heterocycles. The molecule has 1 aliphatic carbocycles. The molecule has 0 spiro atoms. The minimum absolute atomic E-state index is 0.296. The first-order chi connectivity index (χ1) is 12.1. The van der Waals surface area contributed by atoms with Crippen LogP contribution in [0.3, 0.4) is 0 Å². The van der Waals surface area contributed by atoms with Crippen molar-refractivity contribution in [1.29, 1.82) is 0 Å². The Morgan fingerprint density at radius 1 is 1.36 bits per heavy atom. The summed E-state index contributed by atoms with van der Waals surface area (Å²) in [5.74, 6) is 1.13. The number of nitrogens with zero attached hydrogens (tertiary/aromatic N) is 3. The quantitative estimate of drug-likeness (QED) is 0.778. The molecule has 25 heavy (non-hydrogen) atoms. The van der Waals surface area contributed by atoms with Crippen LogP contribution in [0.25, 0.3) is 11.0 Å². The van der Waals surface area contributed by atoms with Gasteiger partial charge in [0.15, 0.2) is 11.5 Å². The number of aryl methyl sites for hydroxylation is 1. The van der Waals surface area contributed by atoms with E-state index in [9.17, 15) is 4.79 Å². The maximum absolute atomic E-state index is 13.0. The molecule has 1 atom stereocenters. The second-order valence-corrected chi connectivity index (χ2v) is 6.62. The van der Waals surface area contributed by atoms with Gasteiger partial charge in [0, 0.05) is 5.69 Å². The average molecular weight is 336 g/mol. The van der Waals surface area contributed by atoms with E-state index in [1.807, 2.05) is 12.1 Å². The minimum Gasteiger partial charge on any atom is -0.496 e. The molecule has 0 fully saturated rings. The molecule has 1 aromatic carbocycles. The first-order valence-corrected chi connectivity index (χ1v) is 8.43. The number of benzene rings is 1.